The zero-order chi connectivity index (χ0) is 14.7. The lowest BCUT2D eigenvalue weighted by Gasteiger charge is -2.17. The van der Waals surface area contributed by atoms with Crippen molar-refractivity contribution in [2.24, 2.45) is 5.92 Å². The van der Waals surface area contributed by atoms with Crippen LogP contribution in [0.5, 0.6) is 5.75 Å². The fourth-order valence-corrected chi connectivity index (χ4v) is 2.30. The third-order valence-electron chi connectivity index (χ3n) is 3.31. The van der Waals surface area contributed by atoms with Crippen molar-refractivity contribution in [2.45, 2.75) is 26.3 Å². The molecule has 1 aliphatic rings. The highest BCUT2D eigenvalue weighted by Crippen LogP contribution is 2.26. The molecule has 1 atom stereocenters. The molecule has 1 unspecified atom stereocenters. The molecular formula is C15H20N2O3. The second-order valence-electron chi connectivity index (χ2n) is 5.27. The van der Waals surface area contributed by atoms with E-state index in [0.29, 0.717) is 6.54 Å². The molecular weight excluding hydrogens is 256 g/mol. The van der Waals surface area contributed by atoms with Crippen molar-refractivity contribution in [3.05, 3.63) is 24.3 Å². The fraction of sp³-hybridized carbons (Fsp3) is 0.467. The van der Waals surface area contributed by atoms with Gasteiger partial charge in [-0.25, -0.2) is 0 Å². The Kier molecular flexibility index (Phi) is 4.27. The normalized spacial score (nSPS) is 18.5. The van der Waals surface area contributed by atoms with Crippen molar-refractivity contribution in [1.82, 2.24) is 5.32 Å². The first-order valence-corrected chi connectivity index (χ1v) is 6.76. The van der Waals surface area contributed by atoms with Crippen molar-refractivity contribution >= 4 is 17.5 Å². The van der Waals surface area contributed by atoms with Crippen LogP contribution in [0.2, 0.25) is 0 Å². The van der Waals surface area contributed by atoms with Gasteiger partial charge in [0.15, 0.2) is 0 Å². The Labute approximate surface area is 118 Å². The summed E-state index contributed by atoms with van der Waals surface area (Å²) in [5.41, 5.74) is 0.802. The summed E-state index contributed by atoms with van der Waals surface area (Å²) in [4.78, 5) is 25.7. The summed E-state index contributed by atoms with van der Waals surface area (Å²) in [6, 6.07) is 7.38. The van der Waals surface area contributed by atoms with Gasteiger partial charge in [0, 0.05) is 24.7 Å². The standard InChI is InChI=1S/C15H20N2O3/c1-10(2)16-15(19)11-8-14(18)17(9-11)12-4-6-13(20-3)7-5-12/h4-7,10-11H,8-9H2,1-3H3,(H,16,19). The summed E-state index contributed by atoms with van der Waals surface area (Å²) in [5.74, 6) is 0.407. The molecule has 1 aliphatic heterocycles. The van der Waals surface area contributed by atoms with Crippen molar-refractivity contribution in [3.8, 4) is 5.75 Å². The van der Waals surface area contributed by atoms with Gasteiger partial charge in [-0.05, 0) is 38.1 Å². The molecule has 5 nitrogen and oxygen atoms in total. The quantitative estimate of drug-likeness (QED) is 0.908. The second-order valence-corrected chi connectivity index (χ2v) is 5.27. The third kappa shape index (κ3) is 3.10. The van der Waals surface area contributed by atoms with Gasteiger partial charge in [0.1, 0.15) is 5.75 Å². The van der Waals surface area contributed by atoms with Crippen LogP contribution in [0.25, 0.3) is 0 Å². The molecule has 0 aliphatic carbocycles. The molecule has 2 amide bonds. The smallest absolute Gasteiger partial charge is 0.227 e. The number of anilines is 1. The van der Waals surface area contributed by atoms with E-state index in [4.69, 9.17) is 4.74 Å². The van der Waals surface area contributed by atoms with Crippen LogP contribution in [0.4, 0.5) is 5.69 Å². The molecule has 0 radical (unpaired) electrons. The van der Waals surface area contributed by atoms with Gasteiger partial charge in [0.05, 0.1) is 13.0 Å². The molecule has 20 heavy (non-hydrogen) atoms. The van der Waals surface area contributed by atoms with E-state index in [-0.39, 0.29) is 30.2 Å². The number of benzene rings is 1. The number of rotatable bonds is 4. The molecule has 0 spiro atoms. The number of carbonyl (C=O) groups excluding carboxylic acids is 2. The van der Waals surface area contributed by atoms with Crippen LogP contribution in [-0.2, 0) is 9.59 Å². The van der Waals surface area contributed by atoms with E-state index in [1.54, 1.807) is 12.0 Å². The minimum atomic E-state index is -0.271. The van der Waals surface area contributed by atoms with Gasteiger partial charge < -0.3 is 15.0 Å². The Morgan fingerprint density at radius 3 is 2.55 bits per heavy atom. The SMILES string of the molecule is COc1ccc(N2CC(C(=O)NC(C)C)CC2=O)cc1. The Morgan fingerprint density at radius 1 is 1.35 bits per heavy atom. The maximum absolute atomic E-state index is 12.0. The van der Waals surface area contributed by atoms with Gasteiger partial charge in [-0.2, -0.15) is 0 Å². The highest BCUT2D eigenvalue weighted by atomic mass is 16.5. The zero-order valence-corrected chi connectivity index (χ0v) is 12.1. The maximum atomic E-state index is 12.0. The second kappa shape index (κ2) is 5.94. The summed E-state index contributed by atoms with van der Waals surface area (Å²) in [6.45, 7) is 4.26. The average Bonchev–Trinajstić information content (AvgIpc) is 2.80. The van der Waals surface area contributed by atoms with Crippen LogP contribution in [0, 0.1) is 5.92 Å². The number of amides is 2. The van der Waals surface area contributed by atoms with Crippen molar-refractivity contribution in [2.75, 3.05) is 18.6 Å². The minimum Gasteiger partial charge on any atom is -0.497 e. The van der Waals surface area contributed by atoms with Crippen LogP contribution in [0.1, 0.15) is 20.3 Å². The monoisotopic (exact) mass is 276 g/mol. The van der Waals surface area contributed by atoms with E-state index in [9.17, 15) is 9.59 Å². The molecule has 108 valence electrons. The Balaban J connectivity index is 2.06. The summed E-state index contributed by atoms with van der Waals surface area (Å²) >= 11 is 0. The van der Waals surface area contributed by atoms with Crippen LogP contribution in [-0.4, -0.2) is 31.5 Å². The van der Waals surface area contributed by atoms with Crippen LogP contribution >= 0.6 is 0 Å². The van der Waals surface area contributed by atoms with Crippen molar-refractivity contribution < 1.29 is 14.3 Å². The molecule has 1 aromatic carbocycles. The van der Waals surface area contributed by atoms with Gasteiger partial charge >= 0.3 is 0 Å². The first-order chi connectivity index (χ1) is 9.51. The van der Waals surface area contributed by atoms with Crippen molar-refractivity contribution in [1.29, 1.82) is 0 Å². The zero-order valence-electron chi connectivity index (χ0n) is 12.1. The molecule has 1 aromatic rings. The first-order valence-electron chi connectivity index (χ1n) is 6.76. The summed E-state index contributed by atoms with van der Waals surface area (Å²) < 4.78 is 5.09. The largest absolute Gasteiger partial charge is 0.497 e. The summed E-state index contributed by atoms with van der Waals surface area (Å²) in [6.07, 6.45) is 0.268. The lowest BCUT2D eigenvalue weighted by atomic mass is 10.1. The van der Waals surface area contributed by atoms with Gasteiger partial charge in [-0.3, -0.25) is 9.59 Å². The topological polar surface area (TPSA) is 58.6 Å². The molecule has 1 N–H and O–H groups in total. The lowest BCUT2D eigenvalue weighted by molar-refractivity contribution is -0.126. The molecule has 1 saturated heterocycles. The molecule has 1 heterocycles. The highest BCUT2D eigenvalue weighted by molar-refractivity contribution is 6.00. The van der Waals surface area contributed by atoms with E-state index < -0.39 is 0 Å². The molecule has 0 bridgehead atoms. The predicted octanol–water partition coefficient (Wildman–Crippen LogP) is 1.57. The van der Waals surface area contributed by atoms with Crippen LogP contribution < -0.4 is 15.0 Å². The van der Waals surface area contributed by atoms with E-state index in [0.717, 1.165) is 11.4 Å². The van der Waals surface area contributed by atoms with E-state index >= 15 is 0 Å². The van der Waals surface area contributed by atoms with Gasteiger partial charge in [0.25, 0.3) is 0 Å². The van der Waals surface area contributed by atoms with E-state index in [1.165, 1.54) is 0 Å². The molecule has 1 fully saturated rings. The first kappa shape index (κ1) is 14.4. The summed E-state index contributed by atoms with van der Waals surface area (Å²) in [7, 11) is 1.60. The molecule has 5 heteroatoms. The van der Waals surface area contributed by atoms with E-state index in [2.05, 4.69) is 5.32 Å². The number of nitrogens with one attached hydrogen (secondary N) is 1. The third-order valence-corrected chi connectivity index (χ3v) is 3.31. The number of ether oxygens (including phenoxy) is 1. The van der Waals surface area contributed by atoms with Gasteiger partial charge in [0.2, 0.25) is 11.8 Å². The minimum absolute atomic E-state index is 0.0147. The molecule has 0 saturated carbocycles. The fourth-order valence-electron chi connectivity index (χ4n) is 2.30. The lowest BCUT2D eigenvalue weighted by Crippen LogP contribution is -2.36. The molecule has 2 rings (SSSR count). The predicted molar refractivity (Wildman–Crippen MR) is 76.7 cm³/mol. The van der Waals surface area contributed by atoms with Crippen LogP contribution in [0.15, 0.2) is 24.3 Å². The summed E-state index contributed by atoms with van der Waals surface area (Å²) in [5, 5.41) is 2.86. The number of carbonyl (C=O) groups is 2. The van der Waals surface area contributed by atoms with Gasteiger partial charge in [-0.1, -0.05) is 0 Å². The van der Waals surface area contributed by atoms with Gasteiger partial charge in [-0.15, -0.1) is 0 Å². The number of methoxy groups -OCH3 is 1. The number of nitrogens with zero attached hydrogens (tertiary/aromatic N) is 1. The Hall–Kier alpha value is -2.04. The van der Waals surface area contributed by atoms with Crippen LogP contribution in [0.3, 0.4) is 0 Å². The van der Waals surface area contributed by atoms with E-state index in [1.807, 2.05) is 38.1 Å². The average molecular weight is 276 g/mol. The number of hydrogen-bond acceptors (Lipinski definition) is 3. The molecule has 0 aromatic heterocycles. The highest BCUT2D eigenvalue weighted by Gasteiger charge is 2.35. The Morgan fingerprint density at radius 2 is 2.00 bits per heavy atom. The van der Waals surface area contributed by atoms with Crippen molar-refractivity contribution in [3.63, 3.8) is 0 Å². The maximum Gasteiger partial charge on any atom is 0.227 e. The number of hydrogen-bond donors (Lipinski definition) is 1. The Bertz CT molecular complexity index is 496.